The Morgan fingerprint density at radius 2 is 1.81 bits per heavy atom. The Balaban J connectivity index is 2.07. The van der Waals surface area contributed by atoms with Crippen LogP contribution in [-0.2, 0) is 14.6 Å². The van der Waals surface area contributed by atoms with E-state index in [1.54, 1.807) is 13.8 Å². The number of ketones is 1. The Morgan fingerprint density at radius 1 is 1.13 bits per heavy atom. The van der Waals surface area contributed by atoms with E-state index in [1.165, 1.54) is 0 Å². The first-order valence-electron chi connectivity index (χ1n) is 9.51. The number of phenols is 1. The van der Waals surface area contributed by atoms with Gasteiger partial charge in [-0.25, -0.2) is 8.42 Å². The monoisotopic (exact) mass is 449 g/mol. The van der Waals surface area contributed by atoms with Gasteiger partial charge in [0.1, 0.15) is 0 Å². The Kier molecular flexibility index (Phi) is 4.47. The molecule has 0 amide bonds. The zero-order valence-corrected chi connectivity index (χ0v) is 17.5. The highest BCUT2D eigenvalue weighted by Gasteiger charge is 2.50. The maximum absolute atomic E-state index is 13.3. The second kappa shape index (κ2) is 6.61. The number of sulfone groups is 1. The molecule has 2 N–H and O–H groups in total. The zero-order chi connectivity index (χ0) is 22.9. The molecule has 0 spiro atoms. The maximum Gasteiger partial charge on any atom is 0.317 e. The predicted molar refractivity (Wildman–Crippen MR) is 108 cm³/mol. The van der Waals surface area contributed by atoms with Crippen LogP contribution < -0.4 is 5.32 Å². The van der Waals surface area contributed by atoms with E-state index in [-0.39, 0.29) is 34.0 Å². The summed E-state index contributed by atoms with van der Waals surface area (Å²) in [6.07, 6.45) is 1.08. The summed E-state index contributed by atoms with van der Waals surface area (Å²) < 4.78 is 25.8. The smallest absolute Gasteiger partial charge is 0.317 e. The van der Waals surface area contributed by atoms with Crippen molar-refractivity contribution in [2.24, 2.45) is 5.41 Å². The third-order valence-electron chi connectivity index (χ3n) is 6.11. The van der Waals surface area contributed by atoms with Gasteiger partial charge in [0.25, 0.3) is 5.69 Å². The number of carbonyl (C=O) groups is 1. The number of aromatic hydroxyl groups is 1. The van der Waals surface area contributed by atoms with Gasteiger partial charge in [-0.3, -0.25) is 25.0 Å². The van der Waals surface area contributed by atoms with E-state index in [0.29, 0.717) is 30.3 Å². The van der Waals surface area contributed by atoms with Crippen LogP contribution in [0.2, 0.25) is 0 Å². The number of hydrogen-bond donors (Lipinski definition) is 2. The second-order valence-corrected chi connectivity index (χ2v) is 10.6. The van der Waals surface area contributed by atoms with Gasteiger partial charge in [-0.05, 0) is 12.8 Å². The lowest BCUT2D eigenvalue weighted by atomic mass is 9.69. The first-order valence-corrected chi connectivity index (χ1v) is 11.2. The molecule has 1 unspecified atom stereocenters. The molecule has 2 aliphatic heterocycles. The first kappa shape index (κ1) is 21.0. The topological polar surface area (TPSA) is 170 Å². The number of nitrogens with zero attached hydrogens (tertiary/aromatic N) is 2. The van der Waals surface area contributed by atoms with E-state index in [4.69, 9.17) is 0 Å². The lowest BCUT2D eigenvalue weighted by Gasteiger charge is -2.38. The Labute approximate surface area is 176 Å². The molecule has 4 rings (SSSR count). The van der Waals surface area contributed by atoms with Crippen LogP contribution in [0.1, 0.15) is 44.6 Å². The molecular weight excluding hydrogens is 430 g/mol. The van der Waals surface area contributed by atoms with Crippen LogP contribution in [0.15, 0.2) is 34.0 Å². The van der Waals surface area contributed by atoms with Crippen LogP contribution in [0.4, 0.5) is 11.4 Å². The van der Waals surface area contributed by atoms with Crippen LogP contribution in [0.3, 0.4) is 0 Å². The molecule has 0 fully saturated rings. The highest BCUT2D eigenvalue weighted by molar-refractivity contribution is 7.95. The fourth-order valence-electron chi connectivity index (χ4n) is 4.46. The second-order valence-electron chi connectivity index (χ2n) is 8.49. The normalized spacial score (nSPS) is 23.8. The van der Waals surface area contributed by atoms with E-state index >= 15 is 0 Å². The molecule has 1 aliphatic carbocycles. The van der Waals surface area contributed by atoms with E-state index < -0.39 is 48.1 Å². The minimum absolute atomic E-state index is 0.0746. The third-order valence-corrected chi connectivity index (χ3v) is 8.01. The highest BCUT2D eigenvalue weighted by Crippen LogP contribution is 2.53. The molecule has 12 heteroatoms. The molecular formula is C19H19N3O8S. The molecule has 3 aliphatic rings. The van der Waals surface area contributed by atoms with Gasteiger partial charge in [0.05, 0.1) is 32.5 Å². The van der Waals surface area contributed by atoms with E-state index in [1.807, 2.05) is 0 Å². The Morgan fingerprint density at radius 3 is 2.42 bits per heavy atom. The molecule has 1 atom stereocenters. The van der Waals surface area contributed by atoms with Gasteiger partial charge in [0, 0.05) is 40.4 Å². The van der Waals surface area contributed by atoms with Crippen LogP contribution in [-0.4, -0.2) is 34.9 Å². The van der Waals surface area contributed by atoms with E-state index in [0.717, 1.165) is 6.07 Å². The number of allylic oxidation sites excluding steroid dienone is 4. The fourth-order valence-corrected chi connectivity index (χ4v) is 6.28. The van der Waals surface area contributed by atoms with Crippen molar-refractivity contribution in [1.82, 2.24) is 5.32 Å². The molecule has 0 bridgehead atoms. The van der Waals surface area contributed by atoms with E-state index in [2.05, 4.69) is 5.32 Å². The third kappa shape index (κ3) is 3.09. The number of nitrogens with one attached hydrogen (secondary N) is 1. The number of nitro benzene ring substituents is 2. The predicted octanol–water partition coefficient (Wildman–Crippen LogP) is 2.57. The summed E-state index contributed by atoms with van der Waals surface area (Å²) >= 11 is 0. The van der Waals surface area contributed by atoms with Gasteiger partial charge in [0.15, 0.2) is 21.4 Å². The lowest BCUT2D eigenvalue weighted by Crippen LogP contribution is -2.39. The van der Waals surface area contributed by atoms with E-state index in [9.17, 15) is 38.5 Å². The van der Waals surface area contributed by atoms with Crippen molar-refractivity contribution in [1.29, 1.82) is 0 Å². The molecule has 1 aromatic rings. The minimum Gasteiger partial charge on any atom is -0.502 e. The molecule has 11 nitrogen and oxygen atoms in total. The Bertz CT molecular complexity index is 1240. The Hall–Kier alpha value is -3.28. The number of Topliss-reactive ketones (excluding diaryl/α,β-unsaturated/α-hetero) is 1. The molecule has 2 heterocycles. The molecule has 1 aromatic carbocycles. The van der Waals surface area contributed by atoms with Gasteiger partial charge >= 0.3 is 5.69 Å². The molecule has 0 saturated heterocycles. The van der Waals surface area contributed by atoms with Gasteiger partial charge in [-0.2, -0.15) is 0 Å². The van der Waals surface area contributed by atoms with Crippen LogP contribution in [0, 0.1) is 25.6 Å². The van der Waals surface area contributed by atoms with Crippen molar-refractivity contribution in [2.45, 2.75) is 39.0 Å². The summed E-state index contributed by atoms with van der Waals surface area (Å²) in [4.78, 5) is 34.2. The molecule has 31 heavy (non-hydrogen) atoms. The van der Waals surface area contributed by atoms with Crippen molar-refractivity contribution < 1.29 is 28.2 Å². The lowest BCUT2D eigenvalue weighted by molar-refractivity contribution is -0.394. The van der Waals surface area contributed by atoms with Crippen LogP contribution in [0.25, 0.3) is 0 Å². The minimum atomic E-state index is -3.86. The van der Waals surface area contributed by atoms with Crippen molar-refractivity contribution in [3.05, 3.63) is 59.8 Å². The average molecular weight is 449 g/mol. The summed E-state index contributed by atoms with van der Waals surface area (Å²) in [5.41, 5.74) is -1.86. The number of hydrogen-bond acceptors (Lipinski definition) is 9. The average Bonchev–Trinajstić information content (AvgIpc) is 2.98. The molecule has 0 radical (unpaired) electrons. The largest absolute Gasteiger partial charge is 0.502 e. The number of rotatable bonds is 3. The summed E-state index contributed by atoms with van der Waals surface area (Å²) in [5.74, 6) is -2.84. The van der Waals surface area contributed by atoms with Crippen molar-refractivity contribution in [3.63, 3.8) is 0 Å². The van der Waals surface area contributed by atoms with Crippen molar-refractivity contribution in [3.8, 4) is 5.75 Å². The molecule has 164 valence electrons. The van der Waals surface area contributed by atoms with Crippen molar-refractivity contribution in [2.75, 3.05) is 5.75 Å². The van der Waals surface area contributed by atoms with Gasteiger partial charge in [-0.15, -0.1) is 0 Å². The number of carbonyl (C=O) groups excluding carboxylic acids is 1. The molecule has 0 saturated carbocycles. The highest BCUT2D eigenvalue weighted by atomic mass is 32.2. The zero-order valence-electron chi connectivity index (χ0n) is 16.7. The molecule has 0 aromatic heterocycles. The summed E-state index contributed by atoms with van der Waals surface area (Å²) in [6, 6.07) is 1.52. The number of non-ortho nitro benzene ring substituents is 1. The summed E-state index contributed by atoms with van der Waals surface area (Å²) in [7, 11) is -3.86. The summed E-state index contributed by atoms with van der Waals surface area (Å²) in [5, 5.41) is 36.6. The maximum atomic E-state index is 13.3. The van der Waals surface area contributed by atoms with Gasteiger partial charge in [-0.1, -0.05) is 13.8 Å². The van der Waals surface area contributed by atoms with Gasteiger partial charge < -0.3 is 10.4 Å². The van der Waals surface area contributed by atoms with Crippen molar-refractivity contribution >= 4 is 27.0 Å². The van der Waals surface area contributed by atoms with Crippen LogP contribution >= 0.6 is 0 Å². The number of dihydropyridines is 1. The summed E-state index contributed by atoms with van der Waals surface area (Å²) in [6.45, 7) is 3.41. The SMILES string of the molecule is CC1(C)CCC2=C(C1=O)C(c1cc([N+](=O)[O-])cc([N+](=O)[O-])c1O)C1=C(CCS1(=O)=O)N2. The first-order chi connectivity index (χ1) is 14.3. The quantitative estimate of drug-likeness (QED) is 0.520. The van der Waals surface area contributed by atoms with Crippen LogP contribution in [0.5, 0.6) is 5.75 Å². The standard InChI is InChI=1S/C19H19N3O8S/c1-19(2)5-3-11-15(18(19)24)14(17-12(20-11)4-6-31(17,29)30)10-7-9(21(25)26)8-13(16(10)23)22(27)28/h7-8,14,20,23H,3-6H2,1-2H3. The number of benzene rings is 1. The number of phenolic OH excluding ortho intramolecular Hbond substituents is 1. The number of nitro groups is 2. The van der Waals surface area contributed by atoms with Gasteiger partial charge in [0.2, 0.25) is 0 Å². The fraction of sp³-hybridized carbons (Fsp3) is 0.421.